The Morgan fingerprint density at radius 3 is 2.52 bits per heavy atom. The van der Waals surface area contributed by atoms with Crippen molar-refractivity contribution in [3.05, 3.63) is 29.3 Å². The van der Waals surface area contributed by atoms with Gasteiger partial charge >= 0.3 is 0 Å². The maximum Gasteiger partial charge on any atom is 0.229 e. The Kier molecular flexibility index (Phi) is 5.48. The SMILES string of the molecule is CN(CCOc1ccc(Cl)cc1)C(=O)C1(CN)CCCC1. The van der Waals surface area contributed by atoms with E-state index >= 15 is 0 Å². The normalized spacial score (nSPS) is 16.7. The minimum Gasteiger partial charge on any atom is -0.492 e. The number of hydrogen-bond donors (Lipinski definition) is 1. The molecule has 1 aromatic rings. The molecule has 0 unspecified atom stereocenters. The molecule has 0 saturated heterocycles. The molecule has 0 spiro atoms. The van der Waals surface area contributed by atoms with Crippen LogP contribution in [-0.2, 0) is 4.79 Å². The fourth-order valence-electron chi connectivity index (χ4n) is 2.89. The monoisotopic (exact) mass is 310 g/mol. The molecule has 1 fully saturated rings. The molecule has 0 heterocycles. The first-order valence-corrected chi connectivity index (χ1v) is 7.79. The first-order valence-electron chi connectivity index (χ1n) is 7.41. The second-order valence-electron chi connectivity index (χ2n) is 5.72. The highest BCUT2D eigenvalue weighted by Gasteiger charge is 2.41. The molecule has 116 valence electrons. The average Bonchev–Trinajstić information content (AvgIpc) is 2.98. The molecular formula is C16H23ClN2O2. The number of hydrogen-bond acceptors (Lipinski definition) is 3. The van der Waals surface area contributed by atoms with Gasteiger partial charge in [-0.3, -0.25) is 4.79 Å². The lowest BCUT2D eigenvalue weighted by atomic mass is 9.85. The third-order valence-electron chi connectivity index (χ3n) is 4.26. The minimum atomic E-state index is -0.338. The van der Waals surface area contributed by atoms with E-state index in [9.17, 15) is 4.79 Å². The van der Waals surface area contributed by atoms with E-state index in [1.165, 1.54) is 0 Å². The number of rotatable bonds is 6. The van der Waals surface area contributed by atoms with E-state index in [0.29, 0.717) is 24.7 Å². The zero-order valence-electron chi connectivity index (χ0n) is 12.5. The fourth-order valence-corrected chi connectivity index (χ4v) is 3.02. The summed E-state index contributed by atoms with van der Waals surface area (Å²) in [6, 6.07) is 7.21. The van der Waals surface area contributed by atoms with Crippen LogP contribution in [-0.4, -0.2) is 37.6 Å². The van der Waals surface area contributed by atoms with Crippen molar-refractivity contribution in [3.63, 3.8) is 0 Å². The van der Waals surface area contributed by atoms with Crippen molar-refractivity contribution in [3.8, 4) is 5.75 Å². The van der Waals surface area contributed by atoms with Gasteiger partial charge in [0.05, 0.1) is 12.0 Å². The van der Waals surface area contributed by atoms with Crippen LogP contribution in [0.3, 0.4) is 0 Å². The second kappa shape index (κ2) is 7.14. The van der Waals surface area contributed by atoms with Crippen LogP contribution in [0.4, 0.5) is 0 Å². The molecule has 5 heteroatoms. The molecule has 1 aliphatic rings. The van der Waals surface area contributed by atoms with Gasteiger partial charge in [0.15, 0.2) is 0 Å². The quantitative estimate of drug-likeness (QED) is 0.879. The van der Waals surface area contributed by atoms with E-state index < -0.39 is 0 Å². The first kappa shape index (κ1) is 16.1. The van der Waals surface area contributed by atoms with E-state index in [-0.39, 0.29) is 11.3 Å². The van der Waals surface area contributed by atoms with Crippen LogP contribution in [0.2, 0.25) is 5.02 Å². The van der Waals surface area contributed by atoms with Gasteiger partial charge < -0.3 is 15.4 Å². The molecule has 2 rings (SSSR count). The molecule has 4 nitrogen and oxygen atoms in total. The van der Waals surface area contributed by atoms with Crippen molar-refractivity contribution in [2.45, 2.75) is 25.7 Å². The number of carbonyl (C=O) groups excluding carboxylic acids is 1. The molecule has 21 heavy (non-hydrogen) atoms. The summed E-state index contributed by atoms with van der Waals surface area (Å²) in [5.74, 6) is 0.914. The number of carbonyl (C=O) groups is 1. The van der Waals surface area contributed by atoms with Crippen LogP contribution in [0, 0.1) is 5.41 Å². The number of nitrogens with two attached hydrogens (primary N) is 1. The predicted molar refractivity (Wildman–Crippen MR) is 84.5 cm³/mol. The van der Waals surface area contributed by atoms with Crippen LogP contribution in [0.25, 0.3) is 0 Å². The van der Waals surface area contributed by atoms with Crippen molar-refractivity contribution in [1.29, 1.82) is 0 Å². The molecule has 2 N–H and O–H groups in total. The zero-order chi connectivity index (χ0) is 15.3. The molecule has 0 bridgehead atoms. The zero-order valence-corrected chi connectivity index (χ0v) is 13.2. The van der Waals surface area contributed by atoms with Gasteiger partial charge in [-0.25, -0.2) is 0 Å². The number of benzene rings is 1. The Hall–Kier alpha value is -1.26. The first-order chi connectivity index (χ1) is 10.1. The van der Waals surface area contributed by atoms with Gasteiger partial charge in [-0.05, 0) is 37.1 Å². The van der Waals surface area contributed by atoms with E-state index in [4.69, 9.17) is 22.1 Å². The molecule has 1 aliphatic carbocycles. The Balaban J connectivity index is 1.82. The smallest absolute Gasteiger partial charge is 0.229 e. The molecule has 1 saturated carbocycles. The lowest BCUT2D eigenvalue weighted by Gasteiger charge is -2.31. The van der Waals surface area contributed by atoms with Crippen molar-refractivity contribution >= 4 is 17.5 Å². The number of nitrogens with zero attached hydrogens (tertiary/aromatic N) is 1. The average molecular weight is 311 g/mol. The number of likely N-dealkylation sites (N-methyl/N-ethyl adjacent to an activating group) is 1. The summed E-state index contributed by atoms with van der Waals surface area (Å²) < 4.78 is 5.63. The summed E-state index contributed by atoms with van der Waals surface area (Å²) in [4.78, 5) is 14.3. The van der Waals surface area contributed by atoms with Gasteiger partial charge in [0, 0.05) is 18.6 Å². The van der Waals surface area contributed by atoms with Crippen molar-refractivity contribution in [2.24, 2.45) is 11.1 Å². The highest BCUT2D eigenvalue weighted by molar-refractivity contribution is 6.30. The van der Waals surface area contributed by atoms with Gasteiger partial charge in [0.1, 0.15) is 12.4 Å². The number of amides is 1. The van der Waals surface area contributed by atoms with Crippen LogP contribution in [0.15, 0.2) is 24.3 Å². The van der Waals surface area contributed by atoms with Gasteiger partial charge in [0.25, 0.3) is 0 Å². The summed E-state index contributed by atoms with van der Waals surface area (Å²) in [6.07, 6.45) is 4.01. The molecule has 1 aromatic carbocycles. The summed E-state index contributed by atoms with van der Waals surface area (Å²) in [6.45, 7) is 1.46. The Morgan fingerprint density at radius 1 is 1.33 bits per heavy atom. The van der Waals surface area contributed by atoms with Crippen LogP contribution >= 0.6 is 11.6 Å². The third-order valence-corrected chi connectivity index (χ3v) is 4.51. The Bertz CT molecular complexity index is 470. The van der Waals surface area contributed by atoms with Gasteiger partial charge in [-0.2, -0.15) is 0 Å². The van der Waals surface area contributed by atoms with Gasteiger partial charge in [0.2, 0.25) is 5.91 Å². The standard InChI is InChI=1S/C16H23ClN2O2/c1-19(15(20)16(12-18)8-2-3-9-16)10-11-21-14-6-4-13(17)5-7-14/h4-7H,2-3,8-12,18H2,1H3. The highest BCUT2D eigenvalue weighted by Crippen LogP contribution is 2.38. The topological polar surface area (TPSA) is 55.6 Å². The summed E-state index contributed by atoms with van der Waals surface area (Å²) in [5.41, 5.74) is 5.51. The van der Waals surface area contributed by atoms with Crippen LogP contribution in [0.1, 0.15) is 25.7 Å². The second-order valence-corrected chi connectivity index (χ2v) is 6.16. The Morgan fingerprint density at radius 2 is 1.95 bits per heavy atom. The summed E-state index contributed by atoms with van der Waals surface area (Å²) >= 11 is 5.82. The van der Waals surface area contributed by atoms with Crippen LogP contribution < -0.4 is 10.5 Å². The minimum absolute atomic E-state index is 0.155. The summed E-state index contributed by atoms with van der Waals surface area (Å²) in [7, 11) is 1.82. The lowest BCUT2D eigenvalue weighted by molar-refractivity contribution is -0.140. The highest BCUT2D eigenvalue weighted by atomic mass is 35.5. The number of ether oxygens (including phenoxy) is 1. The maximum absolute atomic E-state index is 12.6. The Labute approximate surface area is 131 Å². The predicted octanol–water partition coefficient (Wildman–Crippen LogP) is 2.70. The van der Waals surface area contributed by atoms with Crippen molar-refractivity contribution in [2.75, 3.05) is 26.7 Å². The molecule has 0 atom stereocenters. The molecular weight excluding hydrogens is 288 g/mol. The largest absolute Gasteiger partial charge is 0.492 e. The molecule has 0 aliphatic heterocycles. The maximum atomic E-state index is 12.6. The number of halogens is 1. The van der Waals surface area contributed by atoms with E-state index in [0.717, 1.165) is 31.4 Å². The van der Waals surface area contributed by atoms with Crippen molar-refractivity contribution < 1.29 is 9.53 Å². The molecule has 0 aromatic heterocycles. The van der Waals surface area contributed by atoms with Gasteiger partial charge in [-0.1, -0.05) is 24.4 Å². The van der Waals surface area contributed by atoms with E-state index in [1.807, 2.05) is 19.2 Å². The fraction of sp³-hybridized carbons (Fsp3) is 0.562. The van der Waals surface area contributed by atoms with Crippen molar-refractivity contribution in [1.82, 2.24) is 4.90 Å². The van der Waals surface area contributed by atoms with E-state index in [1.54, 1.807) is 17.0 Å². The van der Waals surface area contributed by atoms with Gasteiger partial charge in [-0.15, -0.1) is 0 Å². The molecule has 0 radical (unpaired) electrons. The summed E-state index contributed by atoms with van der Waals surface area (Å²) in [5, 5.41) is 0.681. The van der Waals surface area contributed by atoms with Crippen LogP contribution in [0.5, 0.6) is 5.75 Å². The lowest BCUT2D eigenvalue weighted by Crippen LogP contribution is -2.46. The van der Waals surface area contributed by atoms with E-state index in [2.05, 4.69) is 0 Å². The molecule has 1 amide bonds. The third kappa shape index (κ3) is 3.89.